The smallest absolute Gasteiger partial charge is 0.258 e. The van der Waals surface area contributed by atoms with E-state index in [1.165, 1.54) is 0 Å². The van der Waals surface area contributed by atoms with Gasteiger partial charge in [-0.2, -0.15) is 0 Å². The second-order valence-electron chi connectivity index (χ2n) is 6.86. The zero-order chi connectivity index (χ0) is 21.6. The Bertz CT molecular complexity index is 1190. The molecule has 0 bridgehead atoms. The van der Waals surface area contributed by atoms with Crippen molar-refractivity contribution in [2.45, 2.75) is 27.0 Å². The summed E-state index contributed by atoms with van der Waals surface area (Å²) in [6.45, 7) is 5.45. The Morgan fingerprint density at radius 2 is 1.81 bits per heavy atom. The molecule has 0 fully saturated rings. The van der Waals surface area contributed by atoms with Crippen molar-refractivity contribution in [1.82, 2.24) is 14.5 Å². The van der Waals surface area contributed by atoms with Crippen LogP contribution in [0.2, 0.25) is 0 Å². The molecule has 7 heteroatoms. The van der Waals surface area contributed by atoms with E-state index in [-0.39, 0.29) is 5.91 Å². The Kier molecular flexibility index (Phi) is 6.12. The summed E-state index contributed by atoms with van der Waals surface area (Å²) in [5.41, 5.74) is 3.29. The highest BCUT2D eigenvalue weighted by Crippen LogP contribution is 2.30. The molecule has 158 valence electrons. The molecule has 31 heavy (non-hydrogen) atoms. The van der Waals surface area contributed by atoms with E-state index in [0.717, 1.165) is 16.6 Å². The maximum absolute atomic E-state index is 12.9. The quantitative estimate of drug-likeness (QED) is 0.451. The predicted octanol–water partition coefficient (Wildman–Crippen LogP) is 4.68. The van der Waals surface area contributed by atoms with Crippen LogP contribution in [0, 0.1) is 0 Å². The van der Waals surface area contributed by atoms with Gasteiger partial charge in [0, 0.05) is 24.5 Å². The number of rotatable bonds is 8. The fraction of sp³-hybridized carbons (Fsp3) is 0.208. The first-order valence-corrected chi connectivity index (χ1v) is 10.2. The predicted molar refractivity (Wildman–Crippen MR) is 120 cm³/mol. The van der Waals surface area contributed by atoms with Gasteiger partial charge in [-0.1, -0.05) is 12.1 Å². The van der Waals surface area contributed by atoms with Crippen molar-refractivity contribution in [2.75, 3.05) is 11.9 Å². The number of amides is 1. The lowest BCUT2D eigenvalue weighted by Crippen LogP contribution is -2.16. The van der Waals surface area contributed by atoms with Crippen LogP contribution in [0.4, 0.5) is 5.95 Å². The molecule has 2 aromatic carbocycles. The SMILES string of the molecule is CCOc1cc(C(=O)Nc2nc3ccccc3n2CC)ccc1OCc1ccncc1. The third-order valence-corrected chi connectivity index (χ3v) is 4.85. The molecule has 0 saturated carbocycles. The number of benzene rings is 2. The van der Waals surface area contributed by atoms with Gasteiger partial charge in [-0.15, -0.1) is 0 Å². The van der Waals surface area contributed by atoms with E-state index in [9.17, 15) is 4.79 Å². The van der Waals surface area contributed by atoms with Gasteiger partial charge in [0.05, 0.1) is 17.6 Å². The first-order valence-electron chi connectivity index (χ1n) is 10.2. The van der Waals surface area contributed by atoms with E-state index in [1.807, 2.05) is 54.8 Å². The number of aryl methyl sites for hydroxylation is 1. The molecular weight excluding hydrogens is 392 g/mol. The number of aromatic nitrogens is 3. The van der Waals surface area contributed by atoms with Crippen molar-refractivity contribution in [1.29, 1.82) is 0 Å². The number of nitrogens with one attached hydrogen (secondary N) is 1. The van der Waals surface area contributed by atoms with Gasteiger partial charge in [-0.25, -0.2) is 4.98 Å². The second-order valence-corrected chi connectivity index (χ2v) is 6.86. The number of nitrogens with zero attached hydrogens (tertiary/aromatic N) is 3. The molecule has 1 N–H and O–H groups in total. The Labute approximate surface area is 180 Å². The van der Waals surface area contributed by atoms with E-state index >= 15 is 0 Å². The molecule has 0 radical (unpaired) electrons. The van der Waals surface area contributed by atoms with Crippen LogP contribution >= 0.6 is 0 Å². The van der Waals surface area contributed by atoms with Crippen LogP contribution in [0.25, 0.3) is 11.0 Å². The standard InChI is InChI=1S/C24H24N4O3/c1-3-28-20-8-6-5-7-19(20)26-24(28)27-23(29)18-9-10-21(22(15-18)30-4-2)31-16-17-11-13-25-14-12-17/h5-15H,3-4,16H2,1-2H3,(H,26,27,29). The molecule has 0 aliphatic heterocycles. The van der Waals surface area contributed by atoms with Crippen LogP contribution in [0.15, 0.2) is 67.0 Å². The molecule has 0 aliphatic carbocycles. The summed E-state index contributed by atoms with van der Waals surface area (Å²) in [6.07, 6.45) is 3.44. The first-order chi connectivity index (χ1) is 15.2. The molecule has 0 spiro atoms. The van der Waals surface area contributed by atoms with Gasteiger partial charge in [0.25, 0.3) is 5.91 Å². The Balaban J connectivity index is 1.55. The van der Waals surface area contributed by atoms with Gasteiger partial charge in [0.1, 0.15) is 6.61 Å². The zero-order valence-corrected chi connectivity index (χ0v) is 17.5. The van der Waals surface area contributed by atoms with Gasteiger partial charge in [0.15, 0.2) is 11.5 Å². The van der Waals surface area contributed by atoms with E-state index in [2.05, 4.69) is 15.3 Å². The van der Waals surface area contributed by atoms with Gasteiger partial charge in [-0.05, 0) is 61.9 Å². The Morgan fingerprint density at radius 3 is 2.58 bits per heavy atom. The topological polar surface area (TPSA) is 78.3 Å². The van der Waals surface area contributed by atoms with Gasteiger partial charge >= 0.3 is 0 Å². The van der Waals surface area contributed by atoms with E-state index in [4.69, 9.17) is 9.47 Å². The number of hydrogen-bond acceptors (Lipinski definition) is 5. The fourth-order valence-corrected chi connectivity index (χ4v) is 3.34. The highest BCUT2D eigenvalue weighted by Gasteiger charge is 2.16. The summed E-state index contributed by atoms with van der Waals surface area (Å²) in [5, 5.41) is 2.92. The van der Waals surface area contributed by atoms with Gasteiger partial charge in [0.2, 0.25) is 5.95 Å². The molecule has 1 amide bonds. The molecule has 4 rings (SSSR count). The molecule has 0 unspecified atom stereocenters. The largest absolute Gasteiger partial charge is 0.490 e. The number of imidazole rings is 1. The average molecular weight is 416 g/mol. The van der Waals surface area contributed by atoms with Crippen molar-refractivity contribution in [3.63, 3.8) is 0 Å². The number of anilines is 1. The van der Waals surface area contributed by atoms with Crippen molar-refractivity contribution < 1.29 is 14.3 Å². The molecule has 0 aliphatic rings. The van der Waals surface area contributed by atoms with E-state index < -0.39 is 0 Å². The van der Waals surface area contributed by atoms with Crippen LogP contribution in [-0.4, -0.2) is 27.0 Å². The van der Waals surface area contributed by atoms with Crippen LogP contribution in [0.5, 0.6) is 11.5 Å². The van der Waals surface area contributed by atoms with Gasteiger partial charge in [-0.3, -0.25) is 15.1 Å². The first kappa shape index (κ1) is 20.4. The van der Waals surface area contributed by atoms with Gasteiger partial charge < -0.3 is 14.0 Å². The lowest BCUT2D eigenvalue weighted by Gasteiger charge is -2.14. The molecule has 7 nitrogen and oxygen atoms in total. The number of carbonyl (C=O) groups excluding carboxylic acids is 1. The normalized spacial score (nSPS) is 10.8. The number of carbonyl (C=O) groups is 1. The minimum atomic E-state index is -0.258. The van der Waals surface area contributed by atoms with Crippen LogP contribution < -0.4 is 14.8 Å². The maximum Gasteiger partial charge on any atom is 0.258 e. The van der Waals surface area contributed by atoms with E-state index in [0.29, 0.717) is 42.8 Å². The van der Waals surface area contributed by atoms with Crippen molar-refractivity contribution in [3.8, 4) is 11.5 Å². The third kappa shape index (κ3) is 4.50. The molecule has 4 aromatic rings. The highest BCUT2D eigenvalue weighted by atomic mass is 16.5. The summed E-state index contributed by atoms with van der Waals surface area (Å²) in [4.78, 5) is 21.5. The van der Waals surface area contributed by atoms with E-state index in [1.54, 1.807) is 30.6 Å². The molecular formula is C24H24N4O3. The average Bonchev–Trinajstić information content (AvgIpc) is 3.16. The Morgan fingerprint density at radius 1 is 1.00 bits per heavy atom. The minimum absolute atomic E-state index is 0.258. The lowest BCUT2D eigenvalue weighted by molar-refractivity contribution is 0.102. The lowest BCUT2D eigenvalue weighted by atomic mass is 10.2. The summed E-state index contributed by atoms with van der Waals surface area (Å²) >= 11 is 0. The van der Waals surface area contributed by atoms with Crippen LogP contribution in [-0.2, 0) is 13.2 Å². The number of ether oxygens (including phenoxy) is 2. The third-order valence-electron chi connectivity index (χ3n) is 4.85. The molecule has 2 aromatic heterocycles. The van der Waals surface area contributed by atoms with Crippen LogP contribution in [0.3, 0.4) is 0 Å². The minimum Gasteiger partial charge on any atom is -0.490 e. The summed E-state index contributed by atoms with van der Waals surface area (Å²) < 4.78 is 13.6. The molecule has 2 heterocycles. The molecule has 0 saturated heterocycles. The van der Waals surface area contributed by atoms with Crippen molar-refractivity contribution >= 4 is 22.9 Å². The number of fused-ring (bicyclic) bond motifs is 1. The Hall–Kier alpha value is -3.87. The summed E-state index contributed by atoms with van der Waals surface area (Å²) in [7, 11) is 0. The zero-order valence-electron chi connectivity index (χ0n) is 17.5. The summed E-state index contributed by atoms with van der Waals surface area (Å²) in [5.74, 6) is 1.36. The van der Waals surface area contributed by atoms with Crippen molar-refractivity contribution in [2.24, 2.45) is 0 Å². The monoisotopic (exact) mass is 416 g/mol. The van der Waals surface area contributed by atoms with Crippen molar-refractivity contribution in [3.05, 3.63) is 78.1 Å². The number of para-hydroxylation sites is 2. The fourth-order valence-electron chi connectivity index (χ4n) is 3.34. The molecule has 0 atom stereocenters. The number of hydrogen-bond donors (Lipinski definition) is 1. The second kappa shape index (κ2) is 9.30. The number of pyridine rings is 1. The maximum atomic E-state index is 12.9. The van der Waals surface area contributed by atoms with Crippen LogP contribution in [0.1, 0.15) is 29.8 Å². The highest BCUT2D eigenvalue weighted by molar-refractivity contribution is 6.04. The summed E-state index contributed by atoms with van der Waals surface area (Å²) in [6, 6.07) is 16.8.